The summed E-state index contributed by atoms with van der Waals surface area (Å²) in [5.41, 5.74) is 4.87. The van der Waals surface area contributed by atoms with E-state index in [9.17, 15) is 9.18 Å². The van der Waals surface area contributed by atoms with Crippen LogP contribution in [-0.2, 0) is 6.54 Å². The molecule has 3 heterocycles. The number of aryl methyl sites for hydroxylation is 3. The number of H-pyrrole nitrogens is 1. The average Bonchev–Trinajstić information content (AvgIpc) is 2.92. The van der Waals surface area contributed by atoms with E-state index in [-0.39, 0.29) is 11.7 Å². The average molecular weight is 380 g/mol. The van der Waals surface area contributed by atoms with Gasteiger partial charge in [0.15, 0.2) is 5.82 Å². The quantitative estimate of drug-likeness (QED) is 0.708. The minimum absolute atomic E-state index is 0.0524. The molecule has 0 saturated carbocycles. The Kier molecular flexibility index (Phi) is 4.57. The maximum Gasteiger partial charge on any atom is 0.272 e. The van der Waals surface area contributed by atoms with Crippen LogP contribution in [0.2, 0.25) is 0 Å². The minimum Gasteiger partial charge on any atom is -0.364 e. The van der Waals surface area contributed by atoms with Gasteiger partial charge in [0.2, 0.25) is 0 Å². The number of anilines is 1. The van der Waals surface area contributed by atoms with Crippen LogP contribution in [0.3, 0.4) is 0 Å². The lowest BCUT2D eigenvalue weighted by molar-refractivity contribution is 0.0524. The molecule has 2 aromatic heterocycles. The Morgan fingerprint density at radius 2 is 2.07 bits per heavy atom. The number of nitrogens with one attached hydrogen (secondary N) is 2. The van der Waals surface area contributed by atoms with Crippen molar-refractivity contribution in [2.75, 3.05) is 18.4 Å². The van der Waals surface area contributed by atoms with Gasteiger partial charge < -0.3 is 15.2 Å². The van der Waals surface area contributed by atoms with Gasteiger partial charge in [0.05, 0.1) is 5.52 Å². The molecule has 0 bridgehead atoms. The number of carbonyl (C=O) groups excluding carboxylic acids is 1. The Hall–Kier alpha value is -2.89. The first-order valence-corrected chi connectivity index (χ1v) is 9.62. The lowest BCUT2D eigenvalue weighted by atomic mass is 10.0. The van der Waals surface area contributed by atoms with Crippen molar-refractivity contribution < 1.29 is 9.18 Å². The number of hydrogen-bond donors (Lipinski definition) is 2. The van der Waals surface area contributed by atoms with Crippen molar-refractivity contribution in [1.29, 1.82) is 0 Å². The van der Waals surface area contributed by atoms with Crippen LogP contribution in [0.4, 0.5) is 10.2 Å². The molecule has 1 aromatic carbocycles. The first kappa shape index (κ1) is 18.5. The van der Waals surface area contributed by atoms with Gasteiger partial charge in [0.1, 0.15) is 11.5 Å². The number of benzene rings is 1. The van der Waals surface area contributed by atoms with Gasteiger partial charge in [0, 0.05) is 36.3 Å². The van der Waals surface area contributed by atoms with Crippen molar-refractivity contribution in [2.24, 2.45) is 5.92 Å². The fourth-order valence-corrected chi connectivity index (χ4v) is 3.78. The second-order valence-electron chi connectivity index (χ2n) is 7.86. The number of likely N-dealkylation sites (tertiary alicyclic amines) is 1. The molecule has 1 saturated heterocycles. The summed E-state index contributed by atoms with van der Waals surface area (Å²) in [6.07, 6.45) is 0. The third kappa shape index (κ3) is 3.13. The normalized spacial score (nSPS) is 14.4. The van der Waals surface area contributed by atoms with E-state index >= 15 is 0 Å². The highest BCUT2D eigenvalue weighted by molar-refractivity contribution is 6.01. The van der Waals surface area contributed by atoms with Crippen LogP contribution in [-0.4, -0.2) is 33.9 Å². The van der Waals surface area contributed by atoms with Gasteiger partial charge in [-0.2, -0.15) is 0 Å². The minimum atomic E-state index is -0.246. The molecule has 0 unspecified atom stereocenters. The highest BCUT2D eigenvalue weighted by Crippen LogP contribution is 2.29. The molecule has 146 valence electrons. The third-order valence-corrected chi connectivity index (χ3v) is 5.65. The number of amides is 1. The van der Waals surface area contributed by atoms with Crippen LogP contribution in [0.1, 0.15) is 39.8 Å². The van der Waals surface area contributed by atoms with Crippen LogP contribution >= 0.6 is 0 Å². The van der Waals surface area contributed by atoms with Gasteiger partial charge in [-0.15, -0.1) is 0 Å². The fourth-order valence-electron chi connectivity index (χ4n) is 3.78. The van der Waals surface area contributed by atoms with Crippen molar-refractivity contribution in [3.8, 4) is 0 Å². The molecule has 1 fully saturated rings. The fraction of sp³-hybridized carbons (Fsp3) is 0.364. The maximum absolute atomic E-state index is 14.2. The predicted octanol–water partition coefficient (Wildman–Crippen LogP) is 4.33. The number of fused-ring (bicyclic) bond motifs is 1. The molecular formula is C22H25FN4O. The summed E-state index contributed by atoms with van der Waals surface area (Å²) in [5.74, 6) is 0.812. The molecule has 0 radical (unpaired) electrons. The van der Waals surface area contributed by atoms with Crippen molar-refractivity contribution in [3.63, 3.8) is 0 Å². The van der Waals surface area contributed by atoms with Crippen LogP contribution < -0.4 is 5.32 Å². The monoisotopic (exact) mass is 380 g/mol. The number of aromatic amines is 1. The molecule has 5 nitrogen and oxygen atoms in total. The number of nitrogens with zero attached hydrogens (tertiary/aromatic N) is 2. The number of aromatic nitrogens is 2. The molecule has 6 heteroatoms. The molecule has 28 heavy (non-hydrogen) atoms. The predicted molar refractivity (Wildman–Crippen MR) is 109 cm³/mol. The van der Waals surface area contributed by atoms with Crippen molar-refractivity contribution in [3.05, 3.63) is 58.2 Å². The third-order valence-electron chi connectivity index (χ3n) is 5.65. The standard InChI is InChI=1S/C22H25FN4O/c1-12-10-27(11-12)22(28)19-8-16-14(3)15(4)25-20(16)21(26-19)24-9-17-13(2)6-5-7-18(17)23/h5-8,12,25H,9-11H2,1-4H3,(H,24,26). The molecule has 2 N–H and O–H groups in total. The summed E-state index contributed by atoms with van der Waals surface area (Å²) < 4.78 is 14.2. The summed E-state index contributed by atoms with van der Waals surface area (Å²) >= 11 is 0. The first-order valence-electron chi connectivity index (χ1n) is 9.62. The SMILES string of the molecule is Cc1cccc(F)c1CNc1nc(C(=O)N2CC(C)C2)cc2c(C)c(C)[nH]c12. The summed E-state index contributed by atoms with van der Waals surface area (Å²) in [7, 11) is 0. The Morgan fingerprint density at radius 3 is 2.75 bits per heavy atom. The number of halogens is 1. The van der Waals surface area contributed by atoms with Gasteiger partial charge in [0.25, 0.3) is 5.91 Å². The zero-order valence-corrected chi connectivity index (χ0v) is 16.7. The highest BCUT2D eigenvalue weighted by atomic mass is 19.1. The van der Waals surface area contributed by atoms with Crippen LogP contribution in [0.25, 0.3) is 10.9 Å². The smallest absolute Gasteiger partial charge is 0.272 e. The van der Waals surface area contributed by atoms with Crippen molar-refractivity contribution in [2.45, 2.75) is 34.2 Å². The summed E-state index contributed by atoms with van der Waals surface area (Å²) in [4.78, 5) is 22.6. The second kappa shape index (κ2) is 6.93. The first-order chi connectivity index (χ1) is 13.3. The van der Waals surface area contributed by atoms with Gasteiger partial charge >= 0.3 is 0 Å². The number of rotatable bonds is 4. The van der Waals surface area contributed by atoms with Crippen LogP contribution in [0, 0.1) is 32.5 Å². The van der Waals surface area contributed by atoms with E-state index in [1.165, 1.54) is 6.07 Å². The molecule has 0 spiro atoms. The van der Waals surface area contributed by atoms with E-state index < -0.39 is 0 Å². The van der Waals surface area contributed by atoms with Gasteiger partial charge in [-0.25, -0.2) is 9.37 Å². The second-order valence-corrected chi connectivity index (χ2v) is 7.86. The van der Waals surface area contributed by atoms with E-state index in [1.807, 2.05) is 37.8 Å². The molecule has 3 aromatic rings. The zero-order chi connectivity index (χ0) is 20.0. The number of hydrogen-bond acceptors (Lipinski definition) is 3. The van der Waals surface area contributed by atoms with Gasteiger partial charge in [-0.05, 0) is 49.9 Å². The van der Waals surface area contributed by atoms with Crippen molar-refractivity contribution in [1.82, 2.24) is 14.9 Å². The lowest BCUT2D eigenvalue weighted by Crippen LogP contribution is -2.48. The number of pyridine rings is 1. The van der Waals surface area contributed by atoms with E-state index in [0.717, 1.165) is 40.8 Å². The summed E-state index contributed by atoms with van der Waals surface area (Å²) in [5, 5.41) is 4.22. The van der Waals surface area contributed by atoms with E-state index in [1.54, 1.807) is 6.07 Å². The largest absolute Gasteiger partial charge is 0.364 e. The highest BCUT2D eigenvalue weighted by Gasteiger charge is 2.29. The molecular weight excluding hydrogens is 355 g/mol. The van der Waals surface area contributed by atoms with E-state index in [0.29, 0.717) is 29.5 Å². The Morgan fingerprint density at radius 1 is 1.32 bits per heavy atom. The Labute approximate surface area is 164 Å². The topological polar surface area (TPSA) is 61.0 Å². The molecule has 1 aliphatic rings. The zero-order valence-electron chi connectivity index (χ0n) is 16.7. The molecule has 0 aliphatic carbocycles. The van der Waals surface area contributed by atoms with E-state index in [2.05, 4.69) is 22.2 Å². The van der Waals surface area contributed by atoms with Gasteiger partial charge in [-0.1, -0.05) is 19.1 Å². The van der Waals surface area contributed by atoms with Gasteiger partial charge in [-0.3, -0.25) is 4.79 Å². The lowest BCUT2D eigenvalue weighted by Gasteiger charge is -2.36. The Bertz CT molecular complexity index is 1050. The van der Waals surface area contributed by atoms with Crippen LogP contribution in [0.5, 0.6) is 0 Å². The molecule has 1 amide bonds. The Balaban J connectivity index is 1.71. The number of carbonyl (C=O) groups is 1. The summed E-state index contributed by atoms with van der Waals surface area (Å²) in [6, 6.07) is 6.91. The molecule has 1 aliphatic heterocycles. The summed E-state index contributed by atoms with van der Waals surface area (Å²) in [6.45, 7) is 9.87. The van der Waals surface area contributed by atoms with E-state index in [4.69, 9.17) is 0 Å². The van der Waals surface area contributed by atoms with Crippen LogP contribution in [0.15, 0.2) is 24.3 Å². The van der Waals surface area contributed by atoms with Crippen molar-refractivity contribution >= 4 is 22.6 Å². The molecule has 4 rings (SSSR count). The molecule has 0 atom stereocenters. The maximum atomic E-state index is 14.2.